The van der Waals surface area contributed by atoms with Gasteiger partial charge in [-0.05, 0) is 129 Å². The smallest absolute Gasteiger partial charge is 0.268 e. The fourth-order valence-corrected chi connectivity index (χ4v) is 20.8. The molecule has 9 heterocycles. The van der Waals surface area contributed by atoms with Gasteiger partial charge in [0, 0.05) is 116 Å². The standard InChI is InChI=1S/C27H29N3O4S.C19H21N3O3.C19H23N3O/c1-17-8-10-20(11-9-17)35(33,34)30-25-7-5-4-6-21(25)22-12-13-28-19(3)14-24-23(16-29(31)32)18(2)15-27(24,28)26(22)30;1-11-9-19-15(14(11)10-22(24)25)8-17(23)21(19)7-6-13-12-4-2-3-5-16(12)20-18(13)19;1-11-9-19-15(14(11)10-20)8-17(23)22(19)7-6-13-12-4-2-3-5-16(12)21-18(13)19/h4-11,18,23-24H,3,12-16H2,1-2H3;2-5,11,14-15,20H,6-10H2,1H3;2-5,11,14-15,21H,6-10,20H2,1H3/t18-,23+,24-,27+;2*11-,14+,15-,19+/m000/s1. The summed E-state index contributed by atoms with van der Waals surface area (Å²) in [6, 6.07) is 31.5. The first kappa shape index (κ1) is 53.7. The Morgan fingerprint density at radius 3 is 1.58 bits per heavy atom. The second kappa shape index (κ2) is 19.1. The predicted octanol–water partition coefficient (Wildman–Crippen LogP) is 9.79. The minimum Gasteiger partial charge on any atom is -0.363 e. The number of carbonyl (C=O) groups excluding carboxylic acids is 2. The number of nitrogens with zero attached hydrogens (tertiary/aromatic N) is 6. The van der Waals surface area contributed by atoms with Crippen LogP contribution in [0.2, 0.25) is 0 Å². The number of aromatic nitrogens is 3. The molecule has 3 saturated heterocycles. The Morgan fingerprint density at radius 1 is 0.602 bits per heavy atom. The van der Waals surface area contributed by atoms with Crippen LogP contribution in [0.5, 0.6) is 0 Å². The zero-order chi connectivity index (χ0) is 57.8. The van der Waals surface area contributed by atoms with Crippen molar-refractivity contribution in [2.45, 2.75) is 107 Å². The van der Waals surface area contributed by atoms with Crippen LogP contribution in [0.4, 0.5) is 0 Å². The van der Waals surface area contributed by atoms with E-state index in [2.05, 4.69) is 83.5 Å². The normalized spacial score (nSPS) is 31.6. The van der Waals surface area contributed by atoms with Gasteiger partial charge >= 0.3 is 0 Å². The molecule has 4 aromatic carbocycles. The summed E-state index contributed by atoms with van der Waals surface area (Å²) in [6.07, 6.45) is 6.85. The molecule has 9 aliphatic rings. The van der Waals surface area contributed by atoms with Crippen LogP contribution >= 0.6 is 0 Å². The number of amides is 2. The predicted molar refractivity (Wildman–Crippen MR) is 317 cm³/mol. The molecule has 3 aliphatic carbocycles. The second-order valence-electron chi connectivity index (χ2n) is 26.0. The Balaban J connectivity index is 0.000000114. The van der Waals surface area contributed by atoms with E-state index in [-0.39, 0.29) is 80.3 Å². The van der Waals surface area contributed by atoms with Crippen molar-refractivity contribution >= 4 is 54.5 Å². The van der Waals surface area contributed by atoms with Crippen LogP contribution < -0.4 is 5.73 Å². The monoisotopic (exact) mass is 1140 g/mol. The SMILES string of the molecule is C=C1C[C@H]2[C@H](C[N+](=O)[O-])[C@@H](C)C[C@]23c2c(c4ccccc4n2S(=O)(=O)c2ccc(C)cc2)CCN13.C[C@H]1C[C@@]23c4[nH]c5ccccc5c4CCN2C(=O)C[C@H]3[C@@H]1CN.C[C@H]1C[C@@]23c4[nH]c5ccccc5c4CCN2C(=O)C[C@H]3[C@@H]1C[N+](=O)[O-]. The number of para-hydroxylation sites is 3. The summed E-state index contributed by atoms with van der Waals surface area (Å²) in [5.74, 6) is 2.01. The number of nitrogens with two attached hydrogens (primary N) is 1. The van der Waals surface area contributed by atoms with E-state index in [1.807, 2.05) is 60.4 Å². The number of hydrogen-bond donors (Lipinski definition) is 3. The zero-order valence-corrected chi connectivity index (χ0v) is 48.5. The molecule has 3 spiro atoms. The van der Waals surface area contributed by atoms with Crippen LogP contribution in [-0.2, 0) is 55.5 Å². The summed E-state index contributed by atoms with van der Waals surface area (Å²) in [4.78, 5) is 61.9. The van der Waals surface area contributed by atoms with Crippen LogP contribution in [0.15, 0.2) is 114 Å². The van der Waals surface area contributed by atoms with Gasteiger partial charge in [-0.2, -0.15) is 0 Å². The van der Waals surface area contributed by atoms with Gasteiger partial charge in [-0.3, -0.25) is 29.8 Å². The Labute approximate surface area is 483 Å². The minimum atomic E-state index is -3.91. The van der Waals surface area contributed by atoms with Crippen LogP contribution in [0.3, 0.4) is 0 Å². The lowest BCUT2D eigenvalue weighted by Gasteiger charge is -2.45. The molecule has 17 nitrogen and oxygen atoms in total. The Bertz CT molecular complexity index is 4000. The highest BCUT2D eigenvalue weighted by atomic mass is 32.2. The third-order valence-electron chi connectivity index (χ3n) is 22.3. The van der Waals surface area contributed by atoms with E-state index in [0.29, 0.717) is 67.8 Å². The fraction of sp³-hybridized carbons (Fsp3) is 0.477. The number of fused-ring (bicyclic) bond motifs is 9. The lowest BCUT2D eigenvalue weighted by Crippen LogP contribution is -2.49. The third-order valence-corrected chi connectivity index (χ3v) is 24.0. The average Bonchev–Trinajstić information content (AvgIpc) is 1.77. The molecule has 6 fully saturated rings. The summed E-state index contributed by atoms with van der Waals surface area (Å²) in [6.45, 7) is 15.6. The number of nitrogens with one attached hydrogen (secondary N) is 2. The molecule has 0 unspecified atom stereocenters. The Morgan fingerprint density at radius 2 is 1.05 bits per heavy atom. The van der Waals surface area contributed by atoms with Gasteiger partial charge in [0.25, 0.3) is 10.0 Å². The van der Waals surface area contributed by atoms with Gasteiger partial charge in [0.2, 0.25) is 24.9 Å². The van der Waals surface area contributed by atoms with E-state index < -0.39 is 15.6 Å². The van der Waals surface area contributed by atoms with Gasteiger partial charge in [0.05, 0.1) is 32.7 Å². The highest BCUT2D eigenvalue weighted by Crippen LogP contribution is 2.65. The van der Waals surface area contributed by atoms with Crippen molar-refractivity contribution in [3.05, 3.63) is 169 Å². The third kappa shape index (κ3) is 7.48. The van der Waals surface area contributed by atoms with Gasteiger partial charge in [-0.25, -0.2) is 12.4 Å². The fourth-order valence-electron chi connectivity index (χ4n) is 19.2. The van der Waals surface area contributed by atoms with Gasteiger partial charge < -0.3 is 30.4 Å². The van der Waals surface area contributed by atoms with Gasteiger partial charge in [-0.1, -0.05) is 99.6 Å². The summed E-state index contributed by atoms with van der Waals surface area (Å²) < 4.78 is 30.2. The molecule has 6 aliphatic heterocycles. The second-order valence-corrected chi connectivity index (χ2v) is 27.8. The van der Waals surface area contributed by atoms with E-state index >= 15 is 0 Å². The van der Waals surface area contributed by atoms with E-state index in [1.54, 1.807) is 16.1 Å². The molecule has 7 aromatic rings. The van der Waals surface area contributed by atoms with E-state index in [4.69, 9.17) is 5.73 Å². The maximum atomic E-state index is 14.3. The molecule has 18 heteroatoms. The Hall–Kier alpha value is -7.31. The summed E-state index contributed by atoms with van der Waals surface area (Å²) in [5, 5.41) is 26.4. The lowest BCUT2D eigenvalue weighted by atomic mass is 9.77. The first-order valence-electron chi connectivity index (χ1n) is 30.0. The van der Waals surface area contributed by atoms with Crippen LogP contribution in [0.1, 0.15) is 98.6 Å². The molecule has 0 radical (unpaired) electrons. The number of aryl methyl sites for hydroxylation is 1. The molecule has 83 heavy (non-hydrogen) atoms. The van der Waals surface area contributed by atoms with Gasteiger partial charge in [0.15, 0.2) is 0 Å². The lowest BCUT2D eigenvalue weighted by molar-refractivity contribution is -0.491. The molecule has 12 atom stereocenters. The first-order chi connectivity index (χ1) is 39.8. The van der Waals surface area contributed by atoms with Crippen LogP contribution in [0.25, 0.3) is 32.7 Å². The number of rotatable bonds is 7. The maximum absolute atomic E-state index is 14.3. The Kier molecular flexibility index (Phi) is 12.4. The molecule has 432 valence electrons. The van der Waals surface area contributed by atoms with Gasteiger partial charge in [0.1, 0.15) is 0 Å². The van der Waals surface area contributed by atoms with Crippen molar-refractivity contribution in [2.75, 3.05) is 39.3 Å². The highest BCUT2D eigenvalue weighted by Gasteiger charge is 2.67. The molecule has 0 bridgehead atoms. The molecular formula is C65H73N9O8S. The highest BCUT2D eigenvalue weighted by molar-refractivity contribution is 7.90. The van der Waals surface area contributed by atoms with Gasteiger partial charge in [-0.15, -0.1) is 0 Å². The van der Waals surface area contributed by atoms with E-state index in [9.17, 15) is 38.2 Å². The zero-order valence-electron chi connectivity index (χ0n) is 47.7. The average molecular weight is 1140 g/mol. The topological polar surface area (TPSA) is 227 Å². The van der Waals surface area contributed by atoms with Crippen molar-refractivity contribution in [3.63, 3.8) is 0 Å². The number of nitro groups is 2. The molecule has 16 rings (SSSR count). The molecule has 2 amide bonds. The minimum absolute atomic E-state index is 0.0347. The number of carbonyl (C=O) groups is 2. The van der Waals surface area contributed by atoms with Crippen molar-refractivity contribution in [1.82, 2.24) is 28.6 Å². The number of aromatic amines is 2. The number of allylic oxidation sites excluding steroid dienone is 1. The van der Waals surface area contributed by atoms with E-state index in [0.717, 1.165) is 84.4 Å². The van der Waals surface area contributed by atoms with Crippen molar-refractivity contribution in [2.24, 2.45) is 59.0 Å². The summed E-state index contributed by atoms with van der Waals surface area (Å²) in [7, 11) is -3.91. The van der Waals surface area contributed by atoms with Crippen molar-refractivity contribution < 1.29 is 27.9 Å². The quantitative estimate of drug-likeness (QED) is 0.101. The number of H-pyrrole nitrogens is 2. The van der Waals surface area contributed by atoms with Crippen molar-refractivity contribution in [3.8, 4) is 0 Å². The summed E-state index contributed by atoms with van der Waals surface area (Å²) in [5.41, 5.74) is 17.0. The maximum Gasteiger partial charge on any atom is 0.268 e. The van der Waals surface area contributed by atoms with Crippen LogP contribution in [-0.4, -0.2) is 98.0 Å². The summed E-state index contributed by atoms with van der Waals surface area (Å²) >= 11 is 0. The largest absolute Gasteiger partial charge is 0.363 e. The molecular weight excluding hydrogens is 1070 g/mol. The van der Waals surface area contributed by atoms with Crippen molar-refractivity contribution in [1.29, 1.82) is 0 Å². The van der Waals surface area contributed by atoms with E-state index in [1.165, 1.54) is 33.1 Å². The molecule has 3 saturated carbocycles. The number of hydrogen-bond acceptors (Lipinski definition) is 10. The number of benzene rings is 4. The molecule has 3 aromatic heterocycles. The molecule has 4 N–H and O–H groups in total. The first-order valence-corrected chi connectivity index (χ1v) is 31.4. The van der Waals surface area contributed by atoms with Crippen LogP contribution in [0, 0.1) is 80.4 Å².